The molecule has 114 valence electrons. The third-order valence-electron chi connectivity index (χ3n) is 3.87. The molecule has 1 N–H and O–H groups in total. The van der Waals surface area contributed by atoms with E-state index in [9.17, 15) is 8.78 Å². The first-order chi connectivity index (χ1) is 9.20. The zero-order valence-electron chi connectivity index (χ0n) is 11.9. The summed E-state index contributed by atoms with van der Waals surface area (Å²) in [5.74, 6) is -0.247. The lowest BCUT2D eigenvalue weighted by Gasteiger charge is -2.29. The van der Waals surface area contributed by atoms with E-state index in [0.29, 0.717) is 12.5 Å². The molecular formula is C15H23ClF2N2. The van der Waals surface area contributed by atoms with E-state index in [1.165, 1.54) is 18.2 Å². The second-order valence-electron chi connectivity index (χ2n) is 5.22. The zero-order valence-corrected chi connectivity index (χ0v) is 12.7. The minimum atomic E-state index is -0.441. The van der Waals surface area contributed by atoms with Crippen LogP contribution in [0.1, 0.15) is 25.3 Å². The summed E-state index contributed by atoms with van der Waals surface area (Å²) < 4.78 is 27.3. The van der Waals surface area contributed by atoms with Gasteiger partial charge in [0.2, 0.25) is 0 Å². The number of halogens is 3. The molecular weight excluding hydrogens is 282 g/mol. The van der Waals surface area contributed by atoms with Crippen LogP contribution in [0.4, 0.5) is 8.78 Å². The first-order valence-electron chi connectivity index (χ1n) is 7.06. The van der Waals surface area contributed by atoms with Gasteiger partial charge in [-0.1, -0.05) is 13.0 Å². The van der Waals surface area contributed by atoms with Gasteiger partial charge in [-0.2, -0.15) is 0 Å². The van der Waals surface area contributed by atoms with E-state index in [2.05, 4.69) is 10.2 Å². The molecule has 0 saturated carbocycles. The topological polar surface area (TPSA) is 15.3 Å². The number of rotatable bonds is 5. The number of nitrogens with one attached hydrogen (secondary N) is 1. The molecule has 1 aromatic carbocycles. The van der Waals surface area contributed by atoms with Crippen LogP contribution in [0, 0.1) is 17.6 Å². The summed E-state index contributed by atoms with van der Waals surface area (Å²) in [6.45, 7) is 6.25. The first kappa shape index (κ1) is 17.3. The van der Waals surface area contributed by atoms with Crippen molar-refractivity contribution in [2.45, 2.75) is 26.3 Å². The van der Waals surface area contributed by atoms with Crippen LogP contribution >= 0.6 is 12.4 Å². The molecule has 0 aromatic heterocycles. The molecule has 20 heavy (non-hydrogen) atoms. The van der Waals surface area contributed by atoms with Gasteiger partial charge in [-0.05, 0) is 50.5 Å². The fraction of sp³-hybridized carbons (Fsp3) is 0.600. The van der Waals surface area contributed by atoms with Crippen LogP contribution in [-0.2, 0) is 6.54 Å². The van der Waals surface area contributed by atoms with Crippen molar-refractivity contribution in [2.75, 3.05) is 26.2 Å². The largest absolute Gasteiger partial charge is 0.317 e. The lowest BCUT2D eigenvalue weighted by Crippen LogP contribution is -2.36. The fourth-order valence-corrected chi connectivity index (χ4v) is 2.64. The van der Waals surface area contributed by atoms with Crippen molar-refractivity contribution in [2.24, 2.45) is 5.92 Å². The highest BCUT2D eigenvalue weighted by molar-refractivity contribution is 5.85. The molecule has 1 fully saturated rings. The SMILES string of the molecule is CCN(Cc1c(F)cccc1F)CC1CCNCC1.Cl. The summed E-state index contributed by atoms with van der Waals surface area (Å²) in [5, 5.41) is 3.34. The Morgan fingerprint density at radius 2 is 1.80 bits per heavy atom. The molecule has 0 atom stereocenters. The van der Waals surface area contributed by atoms with E-state index in [1.54, 1.807) is 0 Å². The average molecular weight is 305 g/mol. The number of piperidine rings is 1. The van der Waals surface area contributed by atoms with Gasteiger partial charge in [0.05, 0.1) is 0 Å². The fourth-order valence-electron chi connectivity index (χ4n) is 2.64. The minimum Gasteiger partial charge on any atom is -0.317 e. The second kappa shape index (κ2) is 8.55. The molecule has 0 aliphatic carbocycles. The molecule has 0 unspecified atom stereocenters. The van der Waals surface area contributed by atoms with Gasteiger partial charge in [0, 0.05) is 18.7 Å². The molecule has 1 aromatic rings. The standard InChI is InChI=1S/C15H22F2N2.ClH/c1-2-19(10-12-6-8-18-9-7-12)11-13-14(16)4-3-5-15(13)17;/h3-5,12,18H,2,6-11H2,1H3;1H. The first-order valence-corrected chi connectivity index (χ1v) is 7.06. The summed E-state index contributed by atoms with van der Waals surface area (Å²) in [4.78, 5) is 2.14. The second-order valence-corrected chi connectivity index (χ2v) is 5.22. The number of nitrogens with zero attached hydrogens (tertiary/aromatic N) is 1. The predicted octanol–water partition coefficient (Wildman–Crippen LogP) is 3.21. The van der Waals surface area contributed by atoms with E-state index in [1.807, 2.05) is 6.92 Å². The van der Waals surface area contributed by atoms with Gasteiger partial charge in [-0.15, -0.1) is 12.4 Å². The van der Waals surface area contributed by atoms with E-state index >= 15 is 0 Å². The number of hydrogen-bond acceptors (Lipinski definition) is 2. The van der Waals surface area contributed by atoms with Crippen molar-refractivity contribution >= 4 is 12.4 Å². The Morgan fingerprint density at radius 3 is 2.35 bits per heavy atom. The summed E-state index contributed by atoms with van der Waals surface area (Å²) in [6, 6.07) is 4.07. The highest BCUT2D eigenvalue weighted by Crippen LogP contribution is 2.18. The van der Waals surface area contributed by atoms with Crippen molar-refractivity contribution in [1.29, 1.82) is 0 Å². The van der Waals surface area contributed by atoms with Gasteiger partial charge in [-0.3, -0.25) is 4.90 Å². The Kier molecular flexibility index (Phi) is 7.41. The zero-order chi connectivity index (χ0) is 13.7. The van der Waals surface area contributed by atoms with E-state index in [0.717, 1.165) is 39.0 Å². The summed E-state index contributed by atoms with van der Waals surface area (Å²) in [7, 11) is 0. The van der Waals surface area contributed by atoms with Crippen molar-refractivity contribution in [3.8, 4) is 0 Å². The number of benzene rings is 1. The molecule has 0 amide bonds. The summed E-state index contributed by atoms with van der Waals surface area (Å²) in [6.07, 6.45) is 2.30. The number of hydrogen-bond donors (Lipinski definition) is 1. The van der Waals surface area contributed by atoms with Gasteiger partial charge in [0.1, 0.15) is 11.6 Å². The molecule has 1 aliphatic rings. The quantitative estimate of drug-likeness (QED) is 0.898. The molecule has 1 aliphatic heterocycles. The van der Waals surface area contributed by atoms with Crippen molar-refractivity contribution in [1.82, 2.24) is 10.2 Å². The van der Waals surface area contributed by atoms with Gasteiger partial charge in [-0.25, -0.2) is 8.78 Å². The average Bonchev–Trinajstić information content (AvgIpc) is 2.43. The lowest BCUT2D eigenvalue weighted by molar-refractivity contribution is 0.203. The molecule has 2 rings (SSSR count). The monoisotopic (exact) mass is 304 g/mol. The highest BCUT2D eigenvalue weighted by Gasteiger charge is 2.18. The molecule has 5 heteroatoms. The van der Waals surface area contributed by atoms with Crippen molar-refractivity contribution in [3.05, 3.63) is 35.4 Å². The maximum absolute atomic E-state index is 13.6. The smallest absolute Gasteiger partial charge is 0.130 e. The van der Waals surface area contributed by atoms with Crippen LogP contribution in [0.2, 0.25) is 0 Å². The highest BCUT2D eigenvalue weighted by atomic mass is 35.5. The lowest BCUT2D eigenvalue weighted by atomic mass is 9.97. The molecule has 0 radical (unpaired) electrons. The van der Waals surface area contributed by atoms with Crippen molar-refractivity contribution in [3.63, 3.8) is 0 Å². The summed E-state index contributed by atoms with van der Waals surface area (Å²) in [5.41, 5.74) is 0.193. The molecule has 1 heterocycles. The maximum Gasteiger partial charge on any atom is 0.130 e. The van der Waals surface area contributed by atoms with Crippen LogP contribution in [0.5, 0.6) is 0 Å². The molecule has 0 spiro atoms. The maximum atomic E-state index is 13.6. The third kappa shape index (κ3) is 4.69. The summed E-state index contributed by atoms with van der Waals surface area (Å²) >= 11 is 0. The Hall–Kier alpha value is -0.710. The Balaban J connectivity index is 0.00000200. The molecule has 0 bridgehead atoms. The van der Waals surface area contributed by atoms with Gasteiger partial charge < -0.3 is 5.32 Å². The normalized spacial score (nSPS) is 16.2. The van der Waals surface area contributed by atoms with Crippen LogP contribution in [-0.4, -0.2) is 31.1 Å². The Bertz CT molecular complexity index is 389. The minimum absolute atomic E-state index is 0. The van der Waals surface area contributed by atoms with E-state index < -0.39 is 11.6 Å². The molecule has 2 nitrogen and oxygen atoms in total. The van der Waals surface area contributed by atoms with Crippen molar-refractivity contribution < 1.29 is 8.78 Å². The Labute approximate surface area is 126 Å². The Morgan fingerprint density at radius 1 is 1.20 bits per heavy atom. The van der Waals surface area contributed by atoms with E-state index in [-0.39, 0.29) is 18.0 Å². The predicted molar refractivity (Wildman–Crippen MR) is 80.2 cm³/mol. The molecule has 1 saturated heterocycles. The van der Waals surface area contributed by atoms with Gasteiger partial charge in [0.25, 0.3) is 0 Å². The van der Waals surface area contributed by atoms with Crippen LogP contribution in [0.3, 0.4) is 0 Å². The van der Waals surface area contributed by atoms with E-state index in [4.69, 9.17) is 0 Å². The van der Waals surface area contributed by atoms with Gasteiger partial charge >= 0.3 is 0 Å². The van der Waals surface area contributed by atoms with Crippen LogP contribution < -0.4 is 5.32 Å². The van der Waals surface area contributed by atoms with Crippen LogP contribution in [0.15, 0.2) is 18.2 Å². The van der Waals surface area contributed by atoms with Crippen LogP contribution in [0.25, 0.3) is 0 Å². The third-order valence-corrected chi connectivity index (χ3v) is 3.87. The van der Waals surface area contributed by atoms with Gasteiger partial charge in [0.15, 0.2) is 0 Å².